The number of benzene rings is 1. The topological polar surface area (TPSA) is 111 Å². The number of methoxy groups -OCH3 is 1. The summed E-state index contributed by atoms with van der Waals surface area (Å²) in [6.45, 7) is 3.13. The van der Waals surface area contributed by atoms with Crippen molar-refractivity contribution in [2.75, 3.05) is 38.7 Å². The van der Waals surface area contributed by atoms with Gasteiger partial charge in [-0.1, -0.05) is 6.92 Å². The molecule has 0 saturated carbocycles. The van der Waals surface area contributed by atoms with E-state index >= 15 is 0 Å². The molecule has 1 N–H and O–H groups in total. The lowest BCUT2D eigenvalue weighted by Gasteiger charge is -2.35. The van der Waals surface area contributed by atoms with Gasteiger partial charge in [0.05, 0.1) is 17.1 Å². The number of nitrogens with one attached hydrogen (secondary N) is 1. The number of nitro benzene ring substituents is 1. The van der Waals surface area contributed by atoms with Crippen LogP contribution in [0.25, 0.3) is 0 Å². The Morgan fingerprint density at radius 1 is 1.36 bits per heavy atom. The number of carbonyl (C=O) groups is 2. The van der Waals surface area contributed by atoms with Crippen LogP contribution in [0.3, 0.4) is 0 Å². The molecule has 2 rings (SSSR count). The molecule has 1 aliphatic heterocycles. The predicted molar refractivity (Wildman–Crippen MR) is 103 cm³/mol. The largest absolute Gasteiger partial charge is 0.452 e. The minimum absolute atomic E-state index is 0.0174. The Morgan fingerprint density at radius 3 is 2.82 bits per heavy atom. The molecule has 0 radical (unpaired) electrons. The predicted octanol–water partition coefficient (Wildman–Crippen LogP) is 2.60. The van der Waals surface area contributed by atoms with Gasteiger partial charge >= 0.3 is 5.97 Å². The van der Waals surface area contributed by atoms with Crippen LogP contribution in [0.4, 0.5) is 11.4 Å². The summed E-state index contributed by atoms with van der Waals surface area (Å²) in [5.41, 5.74) is 0.186. The number of likely N-dealkylation sites (tertiary alicyclic amines) is 1. The van der Waals surface area contributed by atoms with Crippen LogP contribution in [-0.4, -0.2) is 61.2 Å². The van der Waals surface area contributed by atoms with Gasteiger partial charge in [0.2, 0.25) is 0 Å². The Balaban J connectivity index is 2.07. The van der Waals surface area contributed by atoms with Crippen LogP contribution in [0.15, 0.2) is 18.2 Å². The third kappa shape index (κ3) is 5.66. The highest BCUT2D eigenvalue weighted by molar-refractivity contribution is 5.97. The standard InChI is InChI=1S/C19H27N3O6/c1-3-14-6-4-5-10-21(14)18(23)13-28-19(24)16-12-15(22(25)26)7-8-17(16)20-9-11-27-2/h7-8,12,14,20H,3-6,9-11,13H2,1-2H3. The molecule has 1 aromatic rings. The Hall–Kier alpha value is -2.68. The monoisotopic (exact) mass is 393 g/mol. The number of amides is 1. The zero-order valence-corrected chi connectivity index (χ0v) is 16.3. The summed E-state index contributed by atoms with van der Waals surface area (Å²) in [5.74, 6) is -1.01. The van der Waals surface area contributed by atoms with Crippen molar-refractivity contribution < 1.29 is 24.0 Å². The number of ether oxygens (including phenoxy) is 2. The zero-order chi connectivity index (χ0) is 20.5. The van der Waals surface area contributed by atoms with Gasteiger partial charge in [-0.05, 0) is 31.7 Å². The summed E-state index contributed by atoms with van der Waals surface area (Å²) in [4.78, 5) is 37.2. The van der Waals surface area contributed by atoms with Crippen LogP contribution in [0.2, 0.25) is 0 Å². The summed E-state index contributed by atoms with van der Waals surface area (Å²) >= 11 is 0. The average Bonchev–Trinajstić information content (AvgIpc) is 2.71. The van der Waals surface area contributed by atoms with E-state index in [2.05, 4.69) is 5.32 Å². The van der Waals surface area contributed by atoms with Crippen molar-refractivity contribution in [3.63, 3.8) is 0 Å². The molecule has 1 unspecified atom stereocenters. The fourth-order valence-corrected chi connectivity index (χ4v) is 3.30. The molecule has 9 heteroatoms. The highest BCUT2D eigenvalue weighted by atomic mass is 16.6. The first-order chi connectivity index (χ1) is 13.5. The first-order valence-electron chi connectivity index (χ1n) is 9.45. The van der Waals surface area contributed by atoms with E-state index in [-0.39, 0.29) is 29.8 Å². The quantitative estimate of drug-likeness (QED) is 0.297. The third-order valence-electron chi connectivity index (χ3n) is 4.80. The summed E-state index contributed by atoms with van der Waals surface area (Å²) < 4.78 is 10.1. The number of non-ortho nitro benzene ring substituents is 1. The van der Waals surface area contributed by atoms with Gasteiger partial charge in [0, 0.05) is 44.1 Å². The zero-order valence-electron chi connectivity index (χ0n) is 16.3. The van der Waals surface area contributed by atoms with Crippen molar-refractivity contribution in [2.24, 2.45) is 0 Å². The van der Waals surface area contributed by atoms with Crippen molar-refractivity contribution in [3.8, 4) is 0 Å². The SMILES string of the molecule is CCC1CCCCN1C(=O)COC(=O)c1cc([N+](=O)[O-])ccc1NCCOC. The van der Waals surface area contributed by atoms with E-state index in [4.69, 9.17) is 9.47 Å². The van der Waals surface area contributed by atoms with Crippen LogP contribution in [0.5, 0.6) is 0 Å². The molecular formula is C19H27N3O6. The van der Waals surface area contributed by atoms with Crippen molar-refractivity contribution in [1.29, 1.82) is 0 Å². The number of anilines is 1. The van der Waals surface area contributed by atoms with Crippen molar-refractivity contribution in [3.05, 3.63) is 33.9 Å². The summed E-state index contributed by atoms with van der Waals surface area (Å²) in [5, 5.41) is 14.0. The molecule has 1 aromatic carbocycles. The van der Waals surface area contributed by atoms with Gasteiger partial charge in [0.15, 0.2) is 6.61 Å². The van der Waals surface area contributed by atoms with Crippen LogP contribution < -0.4 is 5.32 Å². The van der Waals surface area contributed by atoms with Crippen molar-refractivity contribution >= 4 is 23.3 Å². The van der Waals surface area contributed by atoms with Gasteiger partial charge in [-0.15, -0.1) is 0 Å². The number of rotatable bonds is 9. The number of hydrogen-bond donors (Lipinski definition) is 1. The molecular weight excluding hydrogens is 366 g/mol. The van der Waals surface area contributed by atoms with Crippen molar-refractivity contribution in [1.82, 2.24) is 4.90 Å². The molecule has 0 aromatic heterocycles. The molecule has 1 heterocycles. The third-order valence-corrected chi connectivity index (χ3v) is 4.80. The lowest BCUT2D eigenvalue weighted by molar-refractivity contribution is -0.384. The summed E-state index contributed by atoms with van der Waals surface area (Å²) in [6.07, 6.45) is 3.84. The van der Waals surface area contributed by atoms with Crippen LogP contribution in [0.1, 0.15) is 43.0 Å². The fraction of sp³-hybridized carbons (Fsp3) is 0.579. The molecule has 0 aliphatic carbocycles. The lowest BCUT2D eigenvalue weighted by atomic mass is 10.00. The molecule has 1 saturated heterocycles. The second kappa shape index (κ2) is 10.6. The number of nitro groups is 1. The average molecular weight is 393 g/mol. The minimum Gasteiger partial charge on any atom is -0.452 e. The minimum atomic E-state index is -0.776. The van der Waals surface area contributed by atoms with E-state index < -0.39 is 10.9 Å². The summed E-state index contributed by atoms with van der Waals surface area (Å²) in [6, 6.07) is 4.07. The Morgan fingerprint density at radius 2 is 2.14 bits per heavy atom. The van der Waals surface area contributed by atoms with E-state index in [1.165, 1.54) is 12.1 Å². The fourth-order valence-electron chi connectivity index (χ4n) is 3.30. The van der Waals surface area contributed by atoms with Gasteiger partial charge in [0.25, 0.3) is 11.6 Å². The second-order valence-corrected chi connectivity index (χ2v) is 6.63. The molecule has 1 fully saturated rings. The molecule has 28 heavy (non-hydrogen) atoms. The van der Waals surface area contributed by atoms with Crippen molar-refractivity contribution in [2.45, 2.75) is 38.6 Å². The lowest BCUT2D eigenvalue weighted by Crippen LogP contribution is -2.45. The maximum absolute atomic E-state index is 12.5. The van der Waals surface area contributed by atoms with Gasteiger partial charge < -0.3 is 19.7 Å². The number of esters is 1. The van der Waals surface area contributed by atoms with E-state index in [0.717, 1.165) is 31.7 Å². The van der Waals surface area contributed by atoms with Gasteiger partial charge in [-0.2, -0.15) is 0 Å². The van der Waals surface area contributed by atoms with Gasteiger partial charge in [0.1, 0.15) is 0 Å². The molecule has 0 bridgehead atoms. The smallest absolute Gasteiger partial charge is 0.341 e. The molecule has 1 atom stereocenters. The molecule has 1 aliphatic rings. The highest BCUT2D eigenvalue weighted by Crippen LogP contribution is 2.24. The highest BCUT2D eigenvalue weighted by Gasteiger charge is 2.26. The maximum Gasteiger partial charge on any atom is 0.341 e. The Bertz CT molecular complexity index is 709. The molecule has 154 valence electrons. The number of nitrogens with zero attached hydrogens (tertiary/aromatic N) is 2. The summed E-state index contributed by atoms with van der Waals surface area (Å²) in [7, 11) is 1.54. The van der Waals surface area contributed by atoms with Crippen LogP contribution >= 0.6 is 0 Å². The number of carbonyl (C=O) groups excluding carboxylic acids is 2. The van der Waals surface area contributed by atoms with E-state index in [0.29, 0.717) is 25.4 Å². The molecule has 1 amide bonds. The van der Waals surface area contributed by atoms with Crippen LogP contribution in [0, 0.1) is 10.1 Å². The number of hydrogen-bond acceptors (Lipinski definition) is 7. The second-order valence-electron chi connectivity index (χ2n) is 6.63. The molecule has 0 spiro atoms. The Labute approximate surface area is 164 Å². The van der Waals surface area contributed by atoms with Crippen LogP contribution in [-0.2, 0) is 14.3 Å². The maximum atomic E-state index is 12.5. The van der Waals surface area contributed by atoms with Gasteiger partial charge in [-0.25, -0.2) is 4.79 Å². The first-order valence-corrected chi connectivity index (χ1v) is 9.45. The first kappa shape index (κ1) is 21.6. The van der Waals surface area contributed by atoms with E-state index in [1.54, 1.807) is 12.0 Å². The molecule has 9 nitrogen and oxygen atoms in total. The van der Waals surface area contributed by atoms with E-state index in [9.17, 15) is 19.7 Å². The Kier molecular flexibility index (Phi) is 8.19. The normalized spacial score (nSPS) is 16.5. The van der Waals surface area contributed by atoms with Gasteiger partial charge in [-0.3, -0.25) is 14.9 Å². The van der Waals surface area contributed by atoms with E-state index in [1.807, 2.05) is 6.92 Å². The number of piperidine rings is 1.